The van der Waals surface area contributed by atoms with Gasteiger partial charge >= 0.3 is 5.97 Å². The molecular formula is C23H18FN5O4S. The highest BCUT2D eigenvalue weighted by molar-refractivity contribution is 7.15. The number of hydrogen-bond donors (Lipinski definition) is 1. The Hall–Kier alpha value is -4.12. The Morgan fingerprint density at radius 3 is 2.71 bits per heavy atom. The van der Waals surface area contributed by atoms with Crippen LogP contribution >= 0.6 is 11.3 Å². The number of nitrogens with zero attached hydrogens (tertiary/aromatic N) is 4. The summed E-state index contributed by atoms with van der Waals surface area (Å²) in [5.41, 5.74) is 2.13. The molecule has 4 aromatic rings. The molecule has 0 saturated carbocycles. The Morgan fingerprint density at radius 1 is 1.18 bits per heavy atom. The number of fused-ring (bicyclic) bond motifs is 1. The summed E-state index contributed by atoms with van der Waals surface area (Å²) in [4.78, 5) is 44.0. The molecule has 1 N–H and O–H groups in total. The minimum absolute atomic E-state index is 0.00954. The van der Waals surface area contributed by atoms with Crippen LogP contribution in [0.25, 0.3) is 16.2 Å². The smallest absolute Gasteiger partial charge is 0.339 e. The lowest BCUT2D eigenvalue weighted by Gasteiger charge is -2.19. The molecule has 11 heteroatoms. The molecule has 0 radical (unpaired) electrons. The fourth-order valence-corrected chi connectivity index (χ4v) is 4.70. The minimum Gasteiger partial charge on any atom is -0.465 e. The van der Waals surface area contributed by atoms with Crippen LogP contribution in [0, 0.1) is 11.7 Å². The van der Waals surface area contributed by atoms with Gasteiger partial charge in [-0.1, -0.05) is 12.1 Å². The maximum atomic E-state index is 13.3. The molecule has 5 rings (SSSR count). The molecule has 0 spiro atoms. The molecular weight excluding hydrogens is 461 g/mol. The van der Waals surface area contributed by atoms with Crippen molar-refractivity contribution < 1.29 is 23.5 Å². The monoisotopic (exact) mass is 479 g/mol. The third-order valence-corrected chi connectivity index (χ3v) is 6.37. The van der Waals surface area contributed by atoms with E-state index in [-0.39, 0.29) is 36.2 Å². The number of carbonyl (C=O) groups is 3. The van der Waals surface area contributed by atoms with Crippen LogP contribution in [-0.2, 0) is 14.3 Å². The summed E-state index contributed by atoms with van der Waals surface area (Å²) in [6.07, 6.45) is -0.00954. The molecule has 2 amide bonds. The highest BCUT2D eigenvalue weighted by Gasteiger charge is 2.37. The number of hydrogen-bond acceptors (Lipinski definition) is 7. The molecule has 0 aliphatic carbocycles. The van der Waals surface area contributed by atoms with Crippen molar-refractivity contribution >= 4 is 45.7 Å². The standard InChI is InChI=1S/C23H18FN5O4S/c1-33-21(32)16-4-2-3-5-17(16)28-11-14(10-19(28)30)20(31)25-22-26-23-29(27-22)18(12-34-23)13-6-8-15(24)9-7-13/h2-9,12,14H,10-11H2,1H3,(H,25,27,31). The number of halogens is 1. The van der Waals surface area contributed by atoms with Gasteiger partial charge in [0, 0.05) is 23.9 Å². The second-order valence-corrected chi connectivity index (χ2v) is 8.50. The molecule has 1 unspecified atom stereocenters. The third-order valence-electron chi connectivity index (χ3n) is 5.55. The summed E-state index contributed by atoms with van der Waals surface area (Å²) in [6, 6.07) is 12.6. The van der Waals surface area contributed by atoms with E-state index in [2.05, 4.69) is 15.4 Å². The molecule has 9 nitrogen and oxygen atoms in total. The van der Waals surface area contributed by atoms with Gasteiger partial charge in [-0.15, -0.1) is 16.4 Å². The van der Waals surface area contributed by atoms with E-state index in [9.17, 15) is 18.8 Å². The van der Waals surface area contributed by atoms with Crippen molar-refractivity contribution in [2.75, 3.05) is 23.9 Å². The quantitative estimate of drug-likeness (QED) is 0.440. The molecule has 2 aromatic carbocycles. The lowest BCUT2D eigenvalue weighted by atomic mass is 10.1. The Morgan fingerprint density at radius 2 is 1.94 bits per heavy atom. The van der Waals surface area contributed by atoms with E-state index in [0.717, 1.165) is 11.3 Å². The first-order valence-electron chi connectivity index (χ1n) is 10.3. The Bertz CT molecular complexity index is 1410. The fraction of sp³-hybridized carbons (Fsp3) is 0.174. The third kappa shape index (κ3) is 3.90. The van der Waals surface area contributed by atoms with E-state index >= 15 is 0 Å². The van der Waals surface area contributed by atoms with E-state index in [1.165, 1.54) is 35.5 Å². The van der Waals surface area contributed by atoms with Gasteiger partial charge in [0.05, 0.1) is 30.0 Å². The summed E-state index contributed by atoms with van der Waals surface area (Å²) in [7, 11) is 1.27. The first-order valence-corrected chi connectivity index (χ1v) is 11.2. The second kappa shape index (κ2) is 8.67. The fourth-order valence-electron chi connectivity index (χ4n) is 3.87. The highest BCUT2D eigenvalue weighted by Crippen LogP contribution is 2.30. The Labute approximate surface area is 196 Å². The molecule has 1 aliphatic heterocycles. The van der Waals surface area contributed by atoms with Crippen LogP contribution in [0.15, 0.2) is 53.9 Å². The molecule has 172 valence electrons. The zero-order chi connectivity index (χ0) is 23.8. The molecule has 3 heterocycles. The van der Waals surface area contributed by atoms with Crippen molar-refractivity contribution in [1.29, 1.82) is 0 Å². The van der Waals surface area contributed by atoms with Crippen molar-refractivity contribution in [2.45, 2.75) is 6.42 Å². The minimum atomic E-state index is -0.642. The van der Waals surface area contributed by atoms with Gasteiger partial charge in [-0.05, 0) is 36.4 Å². The van der Waals surface area contributed by atoms with Crippen molar-refractivity contribution in [3.8, 4) is 11.3 Å². The predicted molar refractivity (Wildman–Crippen MR) is 123 cm³/mol. The lowest BCUT2D eigenvalue weighted by molar-refractivity contribution is -0.122. The maximum Gasteiger partial charge on any atom is 0.339 e. The number of thiazole rings is 1. The van der Waals surface area contributed by atoms with Crippen molar-refractivity contribution in [2.24, 2.45) is 5.92 Å². The molecule has 1 aliphatic rings. The number of nitrogens with one attached hydrogen (secondary N) is 1. The van der Waals surface area contributed by atoms with Gasteiger partial charge in [0.1, 0.15) is 5.82 Å². The maximum absolute atomic E-state index is 13.3. The van der Waals surface area contributed by atoms with E-state index in [1.807, 2.05) is 5.38 Å². The number of ether oxygens (including phenoxy) is 1. The van der Waals surface area contributed by atoms with E-state index in [4.69, 9.17) is 4.74 Å². The predicted octanol–water partition coefficient (Wildman–Crippen LogP) is 3.38. The van der Waals surface area contributed by atoms with Crippen LogP contribution in [0.4, 0.5) is 16.0 Å². The van der Waals surface area contributed by atoms with Crippen LogP contribution in [0.2, 0.25) is 0 Å². The summed E-state index contributed by atoms with van der Waals surface area (Å²) in [5.74, 6) is -2.09. The first kappa shape index (κ1) is 21.7. The number of benzene rings is 2. The number of aromatic nitrogens is 3. The summed E-state index contributed by atoms with van der Waals surface area (Å²) in [5, 5.41) is 8.89. The normalized spacial score (nSPS) is 15.6. The van der Waals surface area contributed by atoms with Gasteiger partial charge in [-0.2, -0.15) is 4.98 Å². The van der Waals surface area contributed by atoms with E-state index in [0.29, 0.717) is 10.6 Å². The zero-order valence-electron chi connectivity index (χ0n) is 17.9. The molecule has 1 fully saturated rings. The van der Waals surface area contributed by atoms with Gasteiger partial charge in [-0.3, -0.25) is 14.9 Å². The van der Waals surface area contributed by atoms with Crippen LogP contribution in [0.1, 0.15) is 16.8 Å². The average Bonchev–Trinajstić information content (AvgIpc) is 3.53. The van der Waals surface area contributed by atoms with Gasteiger partial charge in [0.2, 0.25) is 22.7 Å². The van der Waals surface area contributed by atoms with Gasteiger partial charge in [-0.25, -0.2) is 13.7 Å². The van der Waals surface area contributed by atoms with Gasteiger partial charge in [0.15, 0.2) is 0 Å². The van der Waals surface area contributed by atoms with Crippen LogP contribution in [0.5, 0.6) is 0 Å². The summed E-state index contributed by atoms with van der Waals surface area (Å²) in [6.45, 7) is 0.113. The number of rotatable bonds is 5. The van der Waals surface area contributed by atoms with E-state index < -0.39 is 17.8 Å². The molecule has 34 heavy (non-hydrogen) atoms. The number of methoxy groups -OCH3 is 1. The highest BCUT2D eigenvalue weighted by atomic mass is 32.1. The number of carbonyl (C=O) groups excluding carboxylic acids is 3. The number of amides is 2. The Balaban J connectivity index is 1.33. The van der Waals surface area contributed by atoms with Crippen molar-refractivity contribution in [3.05, 3.63) is 65.3 Å². The number of anilines is 2. The second-order valence-electron chi connectivity index (χ2n) is 7.66. The number of para-hydroxylation sites is 1. The Kier molecular flexibility index (Phi) is 5.54. The van der Waals surface area contributed by atoms with Gasteiger partial charge < -0.3 is 9.64 Å². The van der Waals surface area contributed by atoms with Crippen LogP contribution in [0.3, 0.4) is 0 Å². The van der Waals surface area contributed by atoms with Crippen molar-refractivity contribution in [3.63, 3.8) is 0 Å². The number of esters is 1. The molecule has 1 atom stereocenters. The van der Waals surface area contributed by atoms with Crippen LogP contribution in [-0.4, -0.2) is 46.0 Å². The van der Waals surface area contributed by atoms with Crippen LogP contribution < -0.4 is 10.2 Å². The average molecular weight is 479 g/mol. The topological polar surface area (TPSA) is 106 Å². The van der Waals surface area contributed by atoms with E-state index in [1.54, 1.807) is 40.9 Å². The molecule has 0 bridgehead atoms. The molecule has 1 saturated heterocycles. The first-order chi connectivity index (χ1) is 16.4. The zero-order valence-corrected chi connectivity index (χ0v) is 18.7. The summed E-state index contributed by atoms with van der Waals surface area (Å²) >= 11 is 1.34. The lowest BCUT2D eigenvalue weighted by Crippen LogP contribution is -2.29. The summed E-state index contributed by atoms with van der Waals surface area (Å²) < 4.78 is 19.6. The molecule has 2 aromatic heterocycles. The van der Waals surface area contributed by atoms with Gasteiger partial charge in [0.25, 0.3) is 0 Å². The SMILES string of the molecule is COC(=O)c1ccccc1N1CC(C(=O)Nc2nc3scc(-c4ccc(F)cc4)n3n2)CC1=O. The largest absolute Gasteiger partial charge is 0.465 e. The van der Waals surface area contributed by atoms with Crippen molar-refractivity contribution in [1.82, 2.24) is 14.6 Å².